The van der Waals surface area contributed by atoms with Gasteiger partial charge in [0.05, 0.1) is 11.8 Å². The highest BCUT2D eigenvalue weighted by Crippen LogP contribution is 2.07. The first kappa shape index (κ1) is 15.7. The van der Waals surface area contributed by atoms with Crippen molar-refractivity contribution >= 4 is 11.9 Å². The molecule has 116 valence electrons. The number of hydrogen-bond donors (Lipinski definition) is 2. The Kier molecular flexibility index (Phi) is 4.88. The molecule has 1 aromatic carbocycles. The zero-order valence-electron chi connectivity index (χ0n) is 12.0. The molecule has 0 aliphatic carbocycles. The standard InChI is InChI=1S/C15H16FN3O3/c1-2-19-9-11(8-17-19)14(20)18-13(15(21)22)7-10-3-5-12(16)6-4-10/h3-6,8-9,13H,2,7H2,1H3,(H,18,20)(H,21,22)/t13-/m1/s1. The highest BCUT2D eigenvalue weighted by molar-refractivity contribution is 5.96. The lowest BCUT2D eigenvalue weighted by Gasteiger charge is -2.14. The molecule has 1 amide bonds. The van der Waals surface area contributed by atoms with Crippen LogP contribution in [0.15, 0.2) is 36.7 Å². The molecular formula is C15H16FN3O3. The Hall–Kier alpha value is -2.70. The number of aromatic nitrogens is 2. The van der Waals surface area contributed by atoms with E-state index in [0.717, 1.165) is 0 Å². The van der Waals surface area contributed by atoms with Crippen LogP contribution >= 0.6 is 0 Å². The smallest absolute Gasteiger partial charge is 0.326 e. The lowest BCUT2D eigenvalue weighted by molar-refractivity contribution is -0.139. The van der Waals surface area contributed by atoms with E-state index in [0.29, 0.717) is 17.7 Å². The van der Waals surface area contributed by atoms with E-state index >= 15 is 0 Å². The summed E-state index contributed by atoms with van der Waals surface area (Å²) < 4.78 is 14.4. The minimum absolute atomic E-state index is 0.0727. The van der Waals surface area contributed by atoms with Crippen LogP contribution in [0.1, 0.15) is 22.8 Å². The molecule has 0 unspecified atom stereocenters. The van der Waals surface area contributed by atoms with E-state index in [-0.39, 0.29) is 6.42 Å². The number of carbonyl (C=O) groups excluding carboxylic acids is 1. The third-order valence-electron chi connectivity index (χ3n) is 3.18. The first-order chi connectivity index (χ1) is 10.5. The lowest BCUT2D eigenvalue weighted by Crippen LogP contribution is -2.42. The summed E-state index contributed by atoms with van der Waals surface area (Å²) in [6.45, 7) is 2.49. The van der Waals surface area contributed by atoms with Crippen LogP contribution in [-0.2, 0) is 17.8 Å². The Morgan fingerprint density at radius 1 is 1.36 bits per heavy atom. The van der Waals surface area contributed by atoms with E-state index in [1.807, 2.05) is 6.92 Å². The number of carboxylic acids is 1. The number of carboxylic acid groups (broad SMARTS) is 1. The van der Waals surface area contributed by atoms with Gasteiger partial charge in [-0.25, -0.2) is 9.18 Å². The van der Waals surface area contributed by atoms with Crippen molar-refractivity contribution in [3.63, 3.8) is 0 Å². The van der Waals surface area contributed by atoms with E-state index in [2.05, 4.69) is 10.4 Å². The third-order valence-corrected chi connectivity index (χ3v) is 3.18. The summed E-state index contributed by atoms with van der Waals surface area (Å²) in [6.07, 6.45) is 3.01. The fourth-order valence-corrected chi connectivity index (χ4v) is 1.95. The Morgan fingerprint density at radius 2 is 2.05 bits per heavy atom. The van der Waals surface area contributed by atoms with Gasteiger partial charge in [0.1, 0.15) is 11.9 Å². The second-order valence-corrected chi connectivity index (χ2v) is 4.78. The maximum Gasteiger partial charge on any atom is 0.326 e. The highest BCUT2D eigenvalue weighted by atomic mass is 19.1. The lowest BCUT2D eigenvalue weighted by atomic mass is 10.1. The number of nitrogens with one attached hydrogen (secondary N) is 1. The van der Waals surface area contributed by atoms with E-state index < -0.39 is 23.7 Å². The summed E-state index contributed by atoms with van der Waals surface area (Å²) in [5.41, 5.74) is 0.922. The molecule has 0 aliphatic rings. The van der Waals surface area contributed by atoms with Gasteiger partial charge < -0.3 is 10.4 Å². The predicted molar refractivity (Wildman–Crippen MR) is 76.9 cm³/mol. The molecule has 2 N–H and O–H groups in total. The number of halogens is 1. The molecule has 1 atom stereocenters. The minimum atomic E-state index is -1.15. The average Bonchev–Trinajstić information content (AvgIpc) is 2.97. The number of carbonyl (C=O) groups is 2. The Morgan fingerprint density at radius 3 is 2.59 bits per heavy atom. The van der Waals surface area contributed by atoms with Crippen molar-refractivity contribution in [3.05, 3.63) is 53.6 Å². The number of benzene rings is 1. The molecule has 1 aromatic heterocycles. The maximum absolute atomic E-state index is 12.9. The summed E-state index contributed by atoms with van der Waals surface area (Å²) in [4.78, 5) is 23.3. The molecule has 1 heterocycles. The van der Waals surface area contributed by atoms with Gasteiger partial charge in [0, 0.05) is 19.2 Å². The SMILES string of the molecule is CCn1cc(C(=O)N[C@H](Cc2ccc(F)cc2)C(=O)O)cn1. The fourth-order valence-electron chi connectivity index (χ4n) is 1.95. The van der Waals surface area contributed by atoms with E-state index in [1.54, 1.807) is 10.9 Å². The Bertz CT molecular complexity index is 667. The van der Waals surface area contributed by atoms with Crippen LogP contribution in [0.2, 0.25) is 0 Å². The van der Waals surface area contributed by atoms with Gasteiger partial charge >= 0.3 is 5.97 Å². The molecule has 0 saturated carbocycles. The zero-order chi connectivity index (χ0) is 16.1. The highest BCUT2D eigenvalue weighted by Gasteiger charge is 2.21. The van der Waals surface area contributed by atoms with E-state index in [1.165, 1.54) is 30.5 Å². The summed E-state index contributed by atoms with van der Waals surface area (Å²) in [5.74, 6) is -2.05. The van der Waals surface area contributed by atoms with E-state index in [4.69, 9.17) is 0 Å². The van der Waals surface area contributed by atoms with Crippen LogP contribution in [0.5, 0.6) is 0 Å². The number of hydrogen-bond acceptors (Lipinski definition) is 3. The summed E-state index contributed by atoms with van der Waals surface area (Å²) in [7, 11) is 0. The molecule has 0 fully saturated rings. The molecule has 0 bridgehead atoms. The van der Waals surface area contributed by atoms with Crippen molar-refractivity contribution in [1.82, 2.24) is 15.1 Å². The van der Waals surface area contributed by atoms with Crippen LogP contribution in [0, 0.1) is 5.82 Å². The topological polar surface area (TPSA) is 84.2 Å². The van der Waals surface area contributed by atoms with Crippen molar-refractivity contribution in [2.24, 2.45) is 0 Å². The van der Waals surface area contributed by atoms with E-state index in [9.17, 15) is 19.1 Å². The minimum Gasteiger partial charge on any atom is -0.480 e. The quantitative estimate of drug-likeness (QED) is 0.846. The number of nitrogens with zero attached hydrogens (tertiary/aromatic N) is 2. The maximum atomic E-state index is 12.9. The summed E-state index contributed by atoms with van der Waals surface area (Å²) >= 11 is 0. The molecular weight excluding hydrogens is 289 g/mol. The van der Waals surface area contributed by atoms with Crippen molar-refractivity contribution in [3.8, 4) is 0 Å². The molecule has 2 aromatic rings. The molecule has 0 spiro atoms. The number of amides is 1. The van der Waals surface area contributed by atoms with Gasteiger partial charge in [-0.3, -0.25) is 9.48 Å². The van der Waals surface area contributed by atoms with Crippen molar-refractivity contribution in [2.75, 3.05) is 0 Å². The van der Waals surface area contributed by atoms with Gasteiger partial charge in [-0.1, -0.05) is 12.1 Å². The predicted octanol–water partition coefficient (Wildman–Crippen LogP) is 1.47. The van der Waals surface area contributed by atoms with Gasteiger partial charge in [-0.2, -0.15) is 5.10 Å². The molecule has 2 rings (SSSR count). The number of aryl methyl sites for hydroxylation is 1. The van der Waals surface area contributed by atoms with Crippen LogP contribution in [0.3, 0.4) is 0 Å². The van der Waals surface area contributed by atoms with Crippen LogP contribution in [-0.4, -0.2) is 32.8 Å². The van der Waals surface area contributed by atoms with Crippen LogP contribution in [0.4, 0.5) is 4.39 Å². The number of rotatable bonds is 6. The van der Waals surface area contributed by atoms with Gasteiger partial charge in [0.2, 0.25) is 0 Å². The average molecular weight is 305 g/mol. The largest absolute Gasteiger partial charge is 0.480 e. The van der Waals surface area contributed by atoms with Crippen LogP contribution in [0.25, 0.3) is 0 Å². The van der Waals surface area contributed by atoms with Crippen molar-refractivity contribution < 1.29 is 19.1 Å². The Labute approximate surface area is 126 Å². The third kappa shape index (κ3) is 3.91. The summed E-state index contributed by atoms with van der Waals surface area (Å²) in [5, 5.41) is 15.6. The Balaban J connectivity index is 2.06. The molecule has 0 aliphatic heterocycles. The monoisotopic (exact) mass is 305 g/mol. The van der Waals surface area contributed by atoms with Gasteiger partial charge in [-0.15, -0.1) is 0 Å². The number of aliphatic carboxylic acids is 1. The molecule has 7 heteroatoms. The van der Waals surface area contributed by atoms with Crippen LogP contribution < -0.4 is 5.32 Å². The van der Waals surface area contributed by atoms with Crippen molar-refractivity contribution in [1.29, 1.82) is 0 Å². The molecule has 22 heavy (non-hydrogen) atoms. The zero-order valence-corrected chi connectivity index (χ0v) is 12.0. The molecule has 6 nitrogen and oxygen atoms in total. The van der Waals surface area contributed by atoms with Gasteiger partial charge in [0.25, 0.3) is 5.91 Å². The fraction of sp³-hybridized carbons (Fsp3) is 0.267. The first-order valence-electron chi connectivity index (χ1n) is 6.80. The molecule has 0 radical (unpaired) electrons. The van der Waals surface area contributed by atoms with Gasteiger partial charge in [-0.05, 0) is 24.6 Å². The normalized spacial score (nSPS) is 11.9. The summed E-state index contributed by atoms with van der Waals surface area (Å²) in [6, 6.07) is 4.39. The first-order valence-corrected chi connectivity index (χ1v) is 6.80. The molecule has 0 saturated heterocycles. The second kappa shape index (κ2) is 6.84. The van der Waals surface area contributed by atoms with Gasteiger partial charge in [0.15, 0.2) is 0 Å². The van der Waals surface area contributed by atoms with Crippen molar-refractivity contribution in [2.45, 2.75) is 25.9 Å². The second-order valence-electron chi connectivity index (χ2n) is 4.78.